The molecule has 2 rings (SSSR count). The summed E-state index contributed by atoms with van der Waals surface area (Å²) in [5, 5.41) is 2.49. The molecule has 2 aromatic carbocycles. The maximum absolute atomic E-state index is 5.24. The van der Waals surface area contributed by atoms with E-state index in [2.05, 4.69) is 34.2 Å². The van der Waals surface area contributed by atoms with Crippen molar-refractivity contribution in [3.05, 3.63) is 36.4 Å². The van der Waals surface area contributed by atoms with E-state index in [1.165, 1.54) is 10.8 Å². The van der Waals surface area contributed by atoms with E-state index < -0.39 is 0 Å². The van der Waals surface area contributed by atoms with Gasteiger partial charge in [-0.25, -0.2) is 0 Å². The van der Waals surface area contributed by atoms with Crippen LogP contribution in [-0.4, -0.2) is 23.1 Å². The fourth-order valence-corrected chi connectivity index (χ4v) is 2.17. The molecule has 66 valence electrons. The summed E-state index contributed by atoms with van der Waals surface area (Å²) < 4.78 is 6.38. The molecule has 13 heavy (non-hydrogen) atoms. The van der Waals surface area contributed by atoms with E-state index >= 15 is 0 Å². The first kappa shape index (κ1) is 8.61. The molecule has 0 heterocycles. The predicted molar refractivity (Wildman–Crippen MR) is 57.3 cm³/mol. The average molecular weight is 237 g/mol. The Morgan fingerprint density at radius 3 is 2.62 bits per heavy atom. The van der Waals surface area contributed by atoms with E-state index in [0.717, 1.165) is 10.2 Å². The van der Waals surface area contributed by atoms with E-state index in [9.17, 15) is 0 Å². The molecule has 0 N–H and O–H groups in total. The van der Waals surface area contributed by atoms with Crippen LogP contribution in [0.3, 0.4) is 0 Å². The molecule has 0 radical (unpaired) electrons. The number of ether oxygens (including phenoxy) is 1. The second kappa shape index (κ2) is 3.41. The van der Waals surface area contributed by atoms with Crippen LogP contribution in [0.25, 0.3) is 10.8 Å². The van der Waals surface area contributed by atoms with Gasteiger partial charge in [0, 0.05) is 0 Å². The number of hydrogen-bond donors (Lipinski definition) is 0. The topological polar surface area (TPSA) is 9.23 Å². The summed E-state index contributed by atoms with van der Waals surface area (Å²) in [6, 6.07) is 12.4. The van der Waals surface area contributed by atoms with Crippen molar-refractivity contribution in [3.8, 4) is 5.75 Å². The predicted octanol–water partition coefficient (Wildman–Crippen LogP) is 1.37. The van der Waals surface area contributed by atoms with Gasteiger partial charge in [0.2, 0.25) is 0 Å². The molecule has 0 bridgehead atoms. The van der Waals surface area contributed by atoms with Gasteiger partial charge in [0.1, 0.15) is 0 Å². The second-order valence-electron chi connectivity index (χ2n) is 2.84. The van der Waals surface area contributed by atoms with Crippen molar-refractivity contribution in [1.29, 1.82) is 0 Å². The van der Waals surface area contributed by atoms with E-state index in [4.69, 9.17) is 4.74 Å². The summed E-state index contributed by atoms with van der Waals surface area (Å²) in [5.74, 6) is 0.929. The van der Waals surface area contributed by atoms with Crippen LogP contribution in [0.2, 0.25) is 0 Å². The summed E-state index contributed by atoms with van der Waals surface area (Å²) in [6.07, 6.45) is 0. The van der Waals surface area contributed by atoms with Crippen LogP contribution in [0.5, 0.6) is 5.75 Å². The molecule has 2 heteroatoms. The molecular formula is C11H10OSe. The number of hydrogen-bond acceptors (Lipinski definition) is 1. The van der Waals surface area contributed by atoms with Crippen LogP contribution in [-0.2, 0) is 0 Å². The van der Waals surface area contributed by atoms with E-state index in [1.54, 1.807) is 7.11 Å². The monoisotopic (exact) mass is 238 g/mol. The minimum absolute atomic E-state index is 0.929. The number of methoxy groups -OCH3 is 1. The van der Waals surface area contributed by atoms with Gasteiger partial charge in [-0.05, 0) is 0 Å². The number of benzene rings is 2. The third-order valence-corrected chi connectivity index (χ3v) is 3.05. The van der Waals surface area contributed by atoms with Crippen LogP contribution < -0.4 is 9.20 Å². The Morgan fingerprint density at radius 1 is 1.08 bits per heavy atom. The molecule has 0 fully saturated rings. The van der Waals surface area contributed by atoms with Gasteiger partial charge in [0.15, 0.2) is 0 Å². The summed E-state index contributed by atoms with van der Waals surface area (Å²) in [5.41, 5.74) is 0. The average Bonchev–Trinajstić information content (AvgIpc) is 2.19. The Labute approximate surface area is 85.5 Å². The Morgan fingerprint density at radius 2 is 1.85 bits per heavy atom. The summed E-state index contributed by atoms with van der Waals surface area (Å²) in [4.78, 5) is 0. The zero-order valence-electron chi connectivity index (χ0n) is 7.32. The van der Waals surface area contributed by atoms with Gasteiger partial charge in [-0.2, -0.15) is 0 Å². The molecule has 0 aromatic heterocycles. The van der Waals surface area contributed by atoms with E-state index in [-0.39, 0.29) is 0 Å². The van der Waals surface area contributed by atoms with Crippen molar-refractivity contribution in [1.82, 2.24) is 0 Å². The maximum atomic E-state index is 5.24. The van der Waals surface area contributed by atoms with Crippen LogP contribution in [0.4, 0.5) is 0 Å². The van der Waals surface area contributed by atoms with Crippen molar-refractivity contribution in [2.45, 2.75) is 0 Å². The summed E-state index contributed by atoms with van der Waals surface area (Å²) in [6.45, 7) is 0. The second-order valence-corrected chi connectivity index (χ2v) is 3.78. The van der Waals surface area contributed by atoms with Crippen molar-refractivity contribution in [2.75, 3.05) is 7.11 Å². The first-order valence-corrected chi connectivity index (χ1v) is 5.01. The Kier molecular flexibility index (Phi) is 2.26. The zero-order chi connectivity index (χ0) is 9.26. The molecule has 0 aliphatic carbocycles. The molecule has 1 nitrogen and oxygen atoms in total. The van der Waals surface area contributed by atoms with Crippen molar-refractivity contribution in [2.24, 2.45) is 0 Å². The van der Waals surface area contributed by atoms with Gasteiger partial charge in [0.05, 0.1) is 0 Å². The standard InChI is InChI=1S/C11H10OSe/c1-12-10-7-6-8-4-2-3-5-9(8)11(10)13/h2-7,13H,1H3. The van der Waals surface area contributed by atoms with Crippen LogP contribution >= 0.6 is 0 Å². The molecule has 0 saturated heterocycles. The molecule has 0 saturated carbocycles. The van der Waals surface area contributed by atoms with Gasteiger partial charge < -0.3 is 0 Å². The van der Waals surface area contributed by atoms with E-state index in [0.29, 0.717) is 0 Å². The Hall–Kier alpha value is -0.981. The zero-order valence-corrected chi connectivity index (χ0v) is 9.20. The Bertz CT molecular complexity index is 437. The quantitative estimate of drug-likeness (QED) is 0.681. The summed E-state index contributed by atoms with van der Waals surface area (Å²) in [7, 11) is 1.70. The minimum atomic E-state index is 0.929. The summed E-state index contributed by atoms with van der Waals surface area (Å²) >= 11 is 2.56. The molecule has 0 aliphatic rings. The third-order valence-electron chi connectivity index (χ3n) is 2.08. The van der Waals surface area contributed by atoms with Crippen molar-refractivity contribution < 1.29 is 4.74 Å². The fourth-order valence-electron chi connectivity index (χ4n) is 1.40. The first-order chi connectivity index (χ1) is 6.33. The molecule has 0 unspecified atom stereocenters. The van der Waals surface area contributed by atoms with Crippen molar-refractivity contribution >= 4 is 31.2 Å². The normalized spacial score (nSPS) is 10.3. The van der Waals surface area contributed by atoms with Crippen LogP contribution in [0.15, 0.2) is 36.4 Å². The van der Waals surface area contributed by atoms with Gasteiger partial charge in [-0.1, -0.05) is 0 Å². The van der Waals surface area contributed by atoms with Crippen molar-refractivity contribution in [3.63, 3.8) is 0 Å². The fraction of sp³-hybridized carbons (Fsp3) is 0.0909. The molecular weight excluding hydrogens is 227 g/mol. The van der Waals surface area contributed by atoms with Crippen LogP contribution in [0, 0.1) is 0 Å². The number of rotatable bonds is 1. The number of fused-ring (bicyclic) bond motifs is 1. The van der Waals surface area contributed by atoms with Gasteiger partial charge >= 0.3 is 85.2 Å². The third kappa shape index (κ3) is 1.43. The molecule has 0 atom stereocenters. The molecule has 2 aromatic rings. The van der Waals surface area contributed by atoms with E-state index in [1.807, 2.05) is 18.2 Å². The molecule has 0 aliphatic heterocycles. The SMILES string of the molecule is COc1ccc2ccccc2c1[SeH]. The molecule has 0 spiro atoms. The van der Waals surface area contributed by atoms with Crippen LogP contribution in [0.1, 0.15) is 0 Å². The van der Waals surface area contributed by atoms with Gasteiger partial charge in [-0.3, -0.25) is 0 Å². The first-order valence-electron chi connectivity index (χ1n) is 4.07. The molecule has 0 amide bonds. The van der Waals surface area contributed by atoms with Gasteiger partial charge in [-0.15, -0.1) is 0 Å². The Balaban J connectivity index is 2.79. The van der Waals surface area contributed by atoms with Gasteiger partial charge in [0.25, 0.3) is 0 Å².